The van der Waals surface area contributed by atoms with Crippen molar-refractivity contribution in [3.63, 3.8) is 0 Å². The maximum atomic E-state index is 2.53. The molecule has 20 heavy (non-hydrogen) atoms. The Hall–Kier alpha value is 0.0374. The molecule has 0 N–H and O–H groups in total. The molecule has 0 amide bonds. The van der Waals surface area contributed by atoms with E-state index in [0.29, 0.717) is 0 Å². The molecule has 0 heterocycles. The Morgan fingerprint density at radius 3 is 1.20 bits per heavy atom. The van der Waals surface area contributed by atoms with Gasteiger partial charge < -0.3 is 0 Å². The first-order valence-corrected chi connectivity index (χ1v) is 27.5. The summed E-state index contributed by atoms with van der Waals surface area (Å²) in [5, 5.41) is 0. The fourth-order valence-electron chi connectivity index (χ4n) is 3.28. The summed E-state index contributed by atoms with van der Waals surface area (Å²) in [5.41, 5.74) is 6.30. The zero-order valence-corrected chi connectivity index (χ0v) is 19.2. The van der Waals surface area contributed by atoms with E-state index in [2.05, 4.69) is 66.0 Å². The van der Waals surface area contributed by atoms with E-state index in [-0.39, 0.29) is 0 Å². The van der Waals surface area contributed by atoms with Crippen molar-refractivity contribution >= 4 is 43.9 Å². The second-order valence-electron chi connectivity index (χ2n) is 7.96. The predicted molar refractivity (Wildman–Crippen MR) is 96.8 cm³/mol. The van der Waals surface area contributed by atoms with Crippen molar-refractivity contribution in [1.29, 1.82) is 0 Å². The molecule has 1 aliphatic carbocycles. The normalized spacial score (nSPS) is 13.5. The quantitative estimate of drug-likeness (QED) is 0.479. The number of rotatable bonds is 2. The van der Waals surface area contributed by atoms with Crippen LogP contribution in [-0.2, 0) is 0 Å². The van der Waals surface area contributed by atoms with Crippen LogP contribution in [0.1, 0.15) is 0 Å². The molecule has 0 radical (unpaired) electrons. The molecule has 0 aromatic heterocycles. The van der Waals surface area contributed by atoms with Gasteiger partial charge in [0, 0.05) is 0 Å². The van der Waals surface area contributed by atoms with Gasteiger partial charge in [0.05, 0.1) is 0 Å². The summed E-state index contributed by atoms with van der Waals surface area (Å²) in [4.78, 5) is 15.2. The predicted octanol–water partition coefficient (Wildman–Crippen LogP) is 4.42. The second kappa shape index (κ2) is 4.77. The van der Waals surface area contributed by atoms with Gasteiger partial charge in [-0.1, -0.05) is 0 Å². The van der Waals surface area contributed by atoms with Crippen molar-refractivity contribution in [2.45, 2.75) is 29.6 Å². The van der Waals surface area contributed by atoms with Gasteiger partial charge in [-0.05, 0) is 0 Å². The van der Waals surface area contributed by atoms with Gasteiger partial charge in [0.25, 0.3) is 0 Å². The van der Waals surface area contributed by atoms with Gasteiger partial charge in [0.2, 0.25) is 0 Å². The number of hydrogen-bond acceptors (Lipinski definition) is 0. The minimum atomic E-state index is -2.05. The van der Waals surface area contributed by atoms with Gasteiger partial charge in [0.1, 0.15) is 0 Å². The van der Waals surface area contributed by atoms with Crippen molar-refractivity contribution < 1.29 is 0 Å². The van der Waals surface area contributed by atoms with Crippen LogP contribution in [0.25, 0.3) is 22.3 Å². The summed E-state index contributed by atoms with van der Waals surface area (Å²) in [6.07, 6.45) is 0. The fraction of sp³-hybridized carbons (Fsp3) is 0.333. The molecule has 0 bridgehead atoms. The molecule has 0 atom stereocenters. The van der Waals surface area contributed by atoms with Crippen LogP contribution in [0.3, 0.4) is 0 Å². The molecule has 0 aliphatic heterocycles. The van der Waals surface area contributed by atoms with Gasteiger partial charge in [-0.2, -0.15) is 0 Å². The van der Waals surface area contributed by atoms with Gasteiger partial charge >= 0.3 is 132 Å². The Kier molecular flexibility index (Phi) is 3.57. The molecule has 0 nitrogen and oxygen atoms in total. The van der Waals surface area contributed by atoms with E-state index in [1.165, 1.54) is 11.1 Å². The van der Waals surface area contributed by atoms with Crippen LogP contribution < -0.4 is 7.16 Å². The number of hydrogen-bond donors (Lipinski definition) is 0. The third-order valence-corrected chi connectivity index (χ3v) is 15.9. The van der Waals surface area contributed by atoms with Crippen LogP contribution in [0.4, 0.5) is 0 Å². The number of benzene rings is 2. The van der Waals surface area contributed by atoms with Crippen LogP contribution in [-0.4, -0.2) is 36.8 Å². The first kappa shape index (κ1) is 15.0. The third-order valence-electron chi connectivity index (χ3n) is 4.29. The van der Waals surface area contributed by atoms with Gasteiger partial charge in [0.15, 0.2) is 0 Å². The summed E-state index contributed by atoms with van der Waals surface area (Å²) in [7, 11) is 0. The minimum absolute atomic E-state index is 1.52. The van der Waals surface area contributed by atoms with Gasteiger partial charge in [-0.3, -0.25) is 0 Å². The molecule has 2 aromatic carbocycles. The molecule has 1 aliphatic rings. The molecule has 0 saturated heterocycles. The summed E-state index contributed by atoms with van der Waals surface area (Å²) in [5.74, 6) is 0. The maximum absolute atomic E-state index is 2.53. The van der Waals surface area contributed by atoms with Crippen molar-refractivity contribution in [2.75, 3.05) is 0 Å². The Morgan fingerprint density at radius 2 is 0.900 bits per heavy atom. The summed E-state index contributed by atoms with van der Waals surface area (Å²) in [6.45, 7) is 0. The van der Waals surface area contributed by atoms with E-state index in [1.54, 1.807) is 18.3 Å². The molecule has 0 saturated carbocycles. The Bertz CT molecular complexity index is 624. The topological polar surface area (TPSA) is 0 Å². The Morgan fingerprint density at radius 1 is 0.550 bits per heavy atom. The third kappa shape index (κ3) is 2.27. The standard InChI is InChI=1S/C12H6.6CH3.2Sn/c1-2-6-10-9(5-1)11-7-3-4-8-12(10)11;;;;;;;;/h1-5,7H;6*1H3;;. The zero-order valence-electron chi connectivity index (χ0n) is 13.5. The monoisotopic (exact) mass is 480 g/mol. The Balaban J connectivity index is 2.29. The zero-order chi connectivity index (χ0) is 14.7. The first-order chi connectivity index (χ1) is 9.21. The van der Waals surface area contributed by atoms with Crippen LogP contribution in [0, 0.1) is 0 Å². The van der Waals surface area contributed by atoms with E-state index >= 15 is 0 Å². The SMILES string of the molecule is [CH3][Sn]([CH3])([CH3])[c]1cccc2c1-c1c-2ccc[c]1[Sn]([CH3])([CH3])[CH3]. The molecule has 2 aromatic rings. The van der Waals surface area contributed by atoms with Crippen LogP contribution in [0.2, 0.25) is 29.6 Å². The first-order valence-electron chi connectivity index (χ1n) is 7.49. The van der Waals surface area contributed by atoms with Crippen LogP contribution >= 0.6 is 0 Å². The molecular formula is C18H24Sn2. The molecular weight excluding hydrogens is 454 g/mol. The van der Waals surface area contributed by atoms with Crippen molar-refractivity contribution in [3.05, 3.63) is 36.4 Å². The van der Waals surface area contributed by atoms with Crippen molar-refractivity contribution in [2.24, 2.45) is 0 Å². The molecule has 0 fully saturated rings. The Labute approximate surface area is 131 Å². The summed E-state index contributed by atoms with van der Waals surface area (Å²) in [6, 6.07) is 14.0. The second-order valence-corrected chi connectivity index (χ2v) is 36.7. The van der Waals surface area contributed by atoms with E-state index in [4.69, 9.17) is 0 Å². The van der Waals surface area contributed by atoms with E-state index in [0.717, 1.165) is 0 Å². The van der Waals surface area contributed by atoms with E-state index < -0.39 is 36.8 Å². The van der Waals surface area contributed by atoms with Gasteiger partial charge in [-0.25, -0.2) is 0 Å². The van der Waals surface area contributed by atoms with Gasteiger partial charge in [-0.15, -0.1) is 0 Å². The number of fused-ring (bicyclic) bond motifs is 4. The molecule has 3 rings (SSSR count). The van der Waals surface area contributed by atoms with E-state index in [1.807, 2.05) is 0 Å². The van der Waals surface area contributed by atoms with E-state index in [9.17, 15) is 0 Å². The average molecular weight is 478 g/mol. The molecule has 0 unspecified atom stereocenters. The molecule has 2 heteroatoms. The average Bonchev–Trinajstić information content (AvgIpc) is 2.32. The fourth-order valence-corrected chi connectivity index (χ4v) is 12.4. The molecule has 104 valence electrons. The summed E-state index contributed by atoms with van der Waals surface area (Å²) < 4.78 is 3.43. The van der Waals surface area contributed by atoms with Crippen LogP contribution in [0.15, 0.2) is 36.4 Å². The van der Waals surface area contributed by atoms with Crippen molar-refractivity contribution in [1.82, 2.24) is 0 Å². The van der Waals surface area contributed by atoms with Crippen LogP contribution in [0.5, 0.6) is 0 Å². The molecule has 0 spiro atoms. The summed E-state index contributed by atoms with van der Waals surface area (Å²) >= 11 is -4.10. The van der Waals surface area contributed by atoms with Crippen molar-refractivity contribution in [3.8, 4) is 22.3 Å².